The van der Waals surface area contributed by atoms with Crippen LogP contribution in [0.3, 0.4) is 0 Å². The van der Waals surface area contributed by atoms with Gasteiger partial charge in [-0.1, -0.05) is 41.4 Å². The van der Waals surface area contributed by atoms with Gasteiger partial charge in [0.25, 0.3) is 5.19 Å². The molecule has 0 radical (unpaired) electrons. The summed E-state index contributed by atoms with van der Waals surface area (Å²) in [5.41, 5.74) is 0. The smallest absolute Gasteiger partial charge is 0.279 e. The lowest BCUT2D eigenvalue weighted by atomic mass is 10.3. The molecular formula is C21H18N2O3S. The van der Waals surface area contributed by atoms with Gasteiger partial charge >= 0.3 is 0 Å². The summed E-state index contributed by atoms with van der Waals surface area (Å²) >= 11 is 1.34. The molecule has 0 aliphatic rings. The summed E-state index contributed by atoms with van der Waals surface area (Å²) in [6, 6.07) is 16.7. The number of hydrogen-bond donors (Lipinski definition) is 1. The van der Waals surface area contributed by atoms with Crippen LogP contribution in [-0.2, 0) is 4.79 Å². The number of rotatable bonds is 5. The van der Waals surface area contributed by atoms with Gasteiger partial charge in [-0.25, -0.2) is 4.98 Å². The predicted molar refractivity (Wildman–Crippen MR) is 105 cm³/mol. The summed E-state index contributed by atoms with van der Waals surface area (Å²) in [5.74, 6) is 8.00. The van der Waals surface area contributed by atoms with E-state index in [0.717, 1.165) is 16.4 Å². The second-order valence-electron chi connectivity index (χ2n) is 5.67. The zero-order chi connectivity index (χ0) is 19.1. The third kappa shape index (κ3) is 5.87. The lowest BCUT2D eigenvalue weighted by Crippen LogP contribution is -2.28. The minimum absolute atomic E-state index is 0.107. The van der Waals surface area contributed by atoms with Gasteiger partial charge in [0, 0.05) is 6.92 Å². The van der Waals surface area contributed by atoms with Crippen LogP contribution in [-0.4, -0.2) is 16.9 Å². The lowest BCUT2D eigenvalue weighted by molar-refractivity contribution is -0.119. The zero-order valence-electron chi connectivity index (χ0n) is 14.9. The Bertz CT molecular complexity index is 956. The molecule has 3 rings (SSSR count). The zero-order valence-corrected chi connectivity index (χ0v) is 15.7. The summed E-state index contributed by atoms with van der Waals surface area (Å²) in [6.45, 7) is 3.29. The molecule has 0 saturated carbocycles. The highest BCUT2D eigenvalue weighted by molar-refractivity contribution is 7.13. The summed E-state index contributed by atoms with van der Waals surface area (Å²) < 4.78 is 11.5. The van der Waals surface area contributed by atoms with Crippen LogP contribution in [0.2, 0.25) is 0 Å². The van der Waals surface area contributed by atoms with Crippen molar-refractivity contribution in [2.24, 2.45) is 0 Å². The molecular weight excluding hydrogens is 360 g/mol. The fourth-order valence-corrected chi connectivity index (χ4v) is 2.83. The number of ether oxygens (including phenoxy) is 2. The van der Waals surface area contributed by atoms with Crippen molar-refractivity contribution in [3.63, 3.8) is 0 Å². The Morgan fingerprint density at radius 1 is 1.04 bits per heavy atom. The fourth-order valence-electron chi connectivity index (χ4n) is 2.18. The van der Waals surface area contributed by atoms with Gasteiger partial charge in [0.1, 0.15) is 22.1 Å². The maximum atomic E-state index is 11.0. The van der Waals surface area contributed by atoms with Gasteiger partial charge < -0.3 is 14.8 Å². The first-order chi connectivity index (χ1) is 13.1. The molecule has 0 aliphatic heterocycles. The molecule has 136 valence electrons. The third-order valence-electron chi connectivity index (χ3n) is 3.32. The molecule has 0 aliphatic carbocycles. The van der Waals surface area contributed by atoms with Crippen molar-refractivity contribution in [1.29, 1.82) is 0 Å². The van der Waals surface area contributed by atoms with Crippen LogP contribution < -0.4 is 14.8 Å². The van der Waals surface area contributed by atoms with Crippen molar-refractivity contribution >= 4 is 17.2 Å². The number of para-hydroxylation sites is 1. The molecule has 0 bridgehead atoms. The number of carbonyl (C=O) groups excluding carboxylic acids is 1. The van der Waals surface area contributed by atoms with Crippen LogP contribution in [0, 0.1) is 11.8 Å². The molecule has 2 aromatic carbocycles. The number of hydrogen-bond acceptors (Lipinski definition) is 5. The Morgan fingerprint density at radius 2 is 1.67 bits per heavy atom. The van der Waals surface area contributed by atoms with E-state index in [1.807, 2.05) is 61.5 Å². The summed E-state index contributed by atoms with van der Waals surface area (Å²) in [6.07, 6.45) is 1.65. The molecule has 3 aromatic rings. The fraction of sp³-hybridized carbons (Fsp3) is 0.143. The summed E-state index contributed by atoms with van der Waals surface area (Å²) in [7, 11) is 0. The molecule has 27 heavy (non-hydrogen) atoms. The van der Waals surface area contributed by atoms with Gasteiger partial charge in [-0.05, 0) is 43.3 Å². The van der Waals surface area contributed by atoms with E-state index < -0.39 is 0 Å². The molecule has 0 saturated heterocycles. The Hall–Kier alpha value is -3.30. The molecule has 1 unspecified atom stereocenters. The highest BCUT2D eigenvalue weighted by atomic mass is 32.1. The first-order valence-electron chi connectivity index (χ1n) is 8.34. The predicted octanol–water partition coefficient (Wildman–Crippen LogP) is 4.60. The van der Waals surface area contributed by atoms with E-state index in [2.05, 4.69) is 22.1 Å². The average molecular weight is 378 g/mol. The molecule has 0 spiro atoms. The van der Waals surface area contributed by atoms with Gasteiger partial charge in [-0.2, -0.15) is 0 Å². The molecule has 1 aromatic heterocycles. The maximum Gasteiger partial charge on any atom is 0.279 e. The second kappa shape index (κ2) is 8.88. The molecule has 1 atom stereocenters. The van der Waals surface area contributed by atoms with E-state index in [9.17, 15) is 4.79 Å². The number of thiazole rings is 1. The minimum atomic E-state index is -0.217. The van der Waals surface area contributed by atoms with E-state index in [1.165, 1.54) is 18.3 Å². The third-order valence-corrected chi connectivity index (χ3v) is 4.11. The van der Waals surface area contributed by atoms with Crippen molar-refractivity contribution < 1.29 is 14.3 Å². The number of nitrogens with zero attached hydrogens (tertiary/aromatic N) is 1. The van der Waals surface area contributed by atoms with Crippen molar-refractivity contribution in [2.75, 3.05) is 0 Å². The first kappa shape index (κ1) is 18.5. The van der Waals surface area contributed by atoms with Gasteiger partial charge in [-0.3, -0.25) is 4.79 Å². The van der Waals surface area contributed by atoms with E-state index >= 15 is 0 Å². The number of carbonyl (C=O) groups is 1. The van der Waals surface area contributed by atoms with E-state index in [-0.39, 0.29) is 11.9 Å². The van der Waals surface area contributed by atoms with Crippen LogP contribution in [0.25, 0.3) is 0 Å². The Labute approximate surface area is 162 Å². The Balaban J connectivity index is 1.59. The quantitative estimate of drug-likeness (QED) is 0.659. The van der Waals surface area contributed by atoms with E-state index in [0.29, 0.717) is 10.9 Å². The number of aromatic nitrogens is 1. The minimum Gasteiger partial charge on any atom is -0.457 e. The monoisotopic (exact) mass is 378 g/mol. The Morgan fingerprint density at radius 3 is 2.33 bits per heavy atom. The van der Waals surface area contributed by atoms with Crippen LogP contribution in [0.5, 0.6) is 22.4 Å². The van der Waals surface area contributed by atoms with Gasteiger partial charge in [0.2, 0.25) is 5.91 Å². The molecule has 1 amide bonds. The summed E-state index contributed by atoms with van der Waals surface area (Å²) in [4.78, 5) is 16.0. The van der Waals surface area contributed by atoms with E-state index in [4.69, 9.17) is 9.47 Å². The number of nitrogens with one attached hydrogen (secondary N) is 1. The van der Waals surface area contributed by atoms with Gasteiger partial charge in [0.15, 0.2) is 0 Å². The number of amides is 1. The van der Waals surface area contributed by atoms with Crippen molar-refractivity contribution in [1.82, 2.24) is 10.3 Å². The van der Waals surface area contributed by atoms with Crippen LogP contribution in [0.15, 0.2) is 60.8 Å². The second-order valence-corrected chi connectivity index (χ2v) is 6.66. The normalized spacial score (nSPS) is 11.0. The van der Waals surface area contributed by atoms with Gasteiger partial charge in [0.05, 0.1) is 12.2 Å². The molecule has 5 nitrogen and oxygen atoms in total. The molecule has 1 heterocycles. The van der Waals surface area contributed by atoms with Crippen LogP contribution >= 0.6 is 11.3 Å². The van der Waals surface area contributed by atoms with Crippen LogP contribution in [0.4, 0.5) is 0 Å². The Kier molecular flexibility index (Phi) is 6.08. The maximum absolute atomic E-state index is 11.0. The average Bonchev–Trinajstić information content (AvgIpc) is 3.09. The topological polar surface area (TPSA) is 60.5 Å². The molecule has 1 N–H and O–H groups in total. The van der Waals surface area contributed by atoms with Crippen LogP contribution in [0.1, 0.15) is 18.7 Å². The largest absolute Gasteiger partial charge is 0.457 e. The van der Waals surface area contributed by atoms with Crippen molar-refractivity contribution in [2.45, 2.75) is 19.9 Å². The van der Waals surface area contributed by atoms with Gasteiger partial charge in [-0.15, -0.1) is 0 Å². The first-order valence-corrected chi connectivity index (χ1v) is 9.15. The standard InChI is InChI=1S/C21H18N2O3S/c1-15(23-16(2)24)8-13-20-14-22-21(27-20)26-19-11-9-18(10-12-19)25-17-6-4-3-5-7-17/h3-7,9-12,14-15H,1-2H3,(H,23,24). The SMILES string of the molecule is CC(=O)NC(C)C#Cc1cnc(Oc2ccc(Oc3ccccc3)cc2)s1. The van der Waals surface area contributed by atoms with Crippen molar-refractivity contribution in [3.05, 3.63) is 65.7 Å². The van der Waals surface area contributed by atoms with E-state index in [1.54, 1.807) is 6.20 Å². The highest BCUT2D eigenvalue weighted by Gasteiger charge is 2.05. The lowest BCUT2D eigenvalue weighted by Gasteiger charge is -2.06. The molecule has 6 heteroatoms. The summed E-state index contributed by atoms with van der Waals surface area (Å²) in [5, 5.41) is 3.21. The molecule has 0 fully saturated rings. The van der Waals surface area contributed by atoms with Crippen molar-refractivity contribution in [3.8, 4) is 34.3 Å². The highest BCUT2D eigenvalue weighted by Crippen LogP contribution is 2.28. The number of benzene rings is 2.